The quantitative estimate of drug-likeness (QED) is 0.763. The monoisotopic (exact) mass is 335 g/mol. The molecule has 0 aliphatic heterocycles. The van der Waals surface area contributed by atoms with Gasteiger partial charge in [-0.15, -0.1) is 0 Å². The Morgan fingerprint density at radius 2 is 1.44 bits per heavy atom. The summed E-state index contributed by atoms with van der Waals surface area (Å²) in [6.07, 6.45) is 3.01. The number of rotatable bonds is 4. The van der Waals surface area contributed by atoms with Crippen LogP contribution in [0.5, 0.6) is 0 Å². The Kier molecular flexibility index (Phi) is 4.80. The fraction of sp³-hybridized carbons (Fsp3) is 0. The van der Waals surface area contributed by atoms with Gasteiger partial charge in [0.15, 0.2) is 0 Å². The first-order valence-corrected chi connectivity index (χ1v) is 7.51. The SMILES string of the molecule is O=C(Nc1ccccc1NC(=O)c1ccccc1F)c1cccnc1. The zero-order valence-electron chi connectivity index (χ0n) is 13.1. The second kappa shape index (κ2) is 7.35. The van der Waals surface area contributed by atoms with E-state index in [1.165, 1.54) is 24.4 Å². The van der Waals surface area contributed by atoms with E-state index in [9.17, 15) is 14.0 Å². The lowest BCUT2D eigenvalue weighted by Gasteiger charge is -2.12. The number of pyridine rings is 1. The third-order valence-corrected chi connectivity index (χ3v) is 3.47. The summed E-state index contributed by atoms with van der Waals surface area (Å²) < 4.78 is 13.7. The molecule has 124 valence electrons. The van der Waals surface area contributed by atoms with Crippen LogP contribution < -0.4 is 10.6 Å². The molecule has 2 aromatic carbocycles. The molecule has 0 radical (unpaired) electrons. The zero-order valence-corrected chi connectivity index (χ0v) is 13.1. The summed E-state index contributed by atoms with van der Waals surface area (Å²) in [7, 11) is 0. The Bertz CT molecular complexity index is 913. The highest BCUT2D eigenvalue weighted by Gasteiger charge is 2.14. The molecule has 0 bridgehead atoms. The Hall–Kier alpha value is -3.54. The lowest BCUT2D eigenvalue weighted by molar-refractivity contribution is 0.101. The highest BCUT2D eigenvalue weighted by molar-refractivity contribution is 6.09. The van der Waals surface area contributed by atoms with Crippen molar-refractivity contribution in [3.05, 3.63) is 90.0 Å². The molecule has 2 N–H and O–H groups in total. The van der Waals surface area contributed by atoms with E-state index in [1.807, 2.05) is 0 Å². The number of hydrogen-bond donors (Lipinski definition) is 2. The van der Waals surface area contributed by atoms with Gasteiger partial charge in [-0.2, -0.15) is 0 Å². The van der Waals surface area contributed by atoms with E-state index in [0.29, 0.717) is 16.9 Å². The van der Waals surface area contributed by atoms with Crippen LogP contribution in [0.3, 0.4) is 0 Å². The summed E-state index contributed by atoms with van der Waals surface area (Å²) in [5.41, 5.74) is 1.09. The minimum Gasteiger partial charge on any atom is -0.320 e. The number of carbonyl (C=O) groups excluding carboxylic acids is 2. The molecule has 0 aliphatic rings. The third-order valence-electron chi connectivity index (χ3n) is 3.47. The predicted octanol–water partition coefficient (Wildman–Crippen LogP) is 3.73. The van der Waals surface area contributed by atoms with Gasteiger partial charge < -0.3 is 10.6 Å². The molecule has 1 heterocycles. The van der Waals surface area contributed by atoms with Gasteiger partial charge in [-0.3, -0.25) is 14.6 Å². The molecule has 6 heteroatoms. The average molecular weight is 335 g/mol. The molecule has 2 amide bonds. The predicted molar refractivity (Wildman–Crippen MR) is 93.0 cm³/mol. The second-order valence-corrected chi connectivity index (χ2v) is 5.18. The lowest BCUT2D eigenvalue weighted by atomic mass is 10.2. The molecule has 0 spiro atoms. The summed E-state index contributed by atoms with van der Waals surface area (Å²) in [4.78, 5) is 28.4. The van der Waals surface area contributed by atoms with Gasteiger partial charge in [-0.05, 0) is 36.4 Å². The standard InChI is InChI=1S/C19H14FN3O2/c20-15-8-2-1-7-14(15)19(25)23-17-10-4-3-9-16(17)22-18(24)13-6-5-11-21-12-13/h1-12H,(H,22,24)(H,23,25). The van der Waals surface area contributed by atoms with Crippen molar-refractivity contribution in [2.75, 3.05) is 10.6 Å². The zero-order chi connectivity index (χ0) is 17.6. The maximum atomic E-state index is 13.7. The topological polar surface area (TPSA) is 71.1 Å². The van der Waals surface area contributed by atoms with Crippen molar-refractivity contribution in [1.82, 2.24) is 4.98 Å². The van der Waals surface area contributed by atoms with Gasteiger partial charge >= 0.3 is 0 Å². The first-order valence-electron chi connectivity index (χ1n) is 7.51. The van der Waals surface area contributed by atoms with Crippen molar-refractivity contribution in [1.29, 1.82) is 0 Å². The number of nitrogens with zero attached hydrogens (tertiary/aromatic N) is 1. The van der Waals surface area contributed by atoms with Gasteiger partial charge in [-0.25, -0.2) is 4.39 Å². The van der Waals surface area contributed by atoms with Gasteiger partial charge in [-0.1, -0.05) is 24.3 Å². The van der Waals surface area contributed by atoms with Crippen LogP contribution in [0.4, 0.5) is 15.8 Å². The third kappa shape index (κ3) is 3.87. The highest BCUT2D eigenvalue weighted by atomic mass is 19.1. The first kappa shape index (κ1) is 16.3. The number of nitrogens with one attached hydrogen (secondary N) is 2. The fourth-order valence-electron chi connectivity index (χ4n) is 2.23. The Morgan fingerprint density at radius 1 is 0.800 bits per heavy atom. The molecule has 1 aromatic heterocycles. The number of hydrogen-bond acceptors (Lipinski definition) is 3. The molecule has 0 saturated carbocycles. The Balaban J connectivity index is 1.81. The van der Waals surface area contributed by atoms with Crippen LogP contribution in [0, 0.1) is 5.82 Å². The molecule has 0 fully saturated rings. The molecule has 0 unspecified atom stereocenters. The number of para-hydroxylation sites is 2. The van der Waals surface area contributed by atoms with Crippen molar-refractivity contribution in [2.24, 2.45) is 0 Å². The lowest BCUT2D eigenvalue weighted by Crippen LogP contribution is -2.17. The minimum atomic E-state index is -0.614. The summed E-state index contributed by atoms with van der Waals surface area (Å²) >= 11 is 0. The van der Waals surface area contributed by atoms with Crippen LogP contribution in [-0.4, -0.2) is 16.8 Å². The van der Waals surface area contributed by atoms with E-state index in [4.69, 9.17) is 0 Å². The van der Waals surface area contributed by atoms with Crippen molar-refractivity contribution in [3.63, 3.8) is 0 Å². The maximum absolute atomic E-state index is 13.7. The van der Waals surface area contributed by atoms with E-state index < -0.39 is 11.7 Å². The Morgan fingerprint density at radius 3 is 2.08 bits per heavy atom. The van der Waals surface area contributed by atoms with Crippen molar-refractivity contribution >= 4 is 23.2 Å². The van der Waals surface area contributed by atoms with Crippen molar-refractivity contribution < 1.29 is 14.0 Å². The smallest absolute Gasteiger partial charge is 0.258 e. The largest absolute Gasteiger partial charge is 0.320 e. The molecular formula is C19H14FN3O2. The molecule has 0 saturated heterocycles. The number of aromatic nitrogens is 1. The van der Waals surface area contributed by atoms with E-state index >= 15 is 0 Å². The molecule has 0 atom stereocenters. The van der Waals surface area contributed by atoms with E-state index in [0.717, 1.165) is 0 Å². The van der Waals surface area contributed by atoms with Crippen LogP contribution in [0.2, 0.25) is 0 Å². The average Bonchev–Trinajstić information content (AvgIpc) is 2.64. The van der Waals surface area contributed by atoms with Crippen LogP contribution in [0.25, 0.3) is 0 Å². The molecule has 5 nitrogen and oxygen atoms in total. The van der Waals surface area contributed by atoms with Gasteiger partial charge in [0.2, 0.25) is 0 Å². The number of anilines is 2. The minimum absolute atomic E-state index is 0.0733. The van der Waals surface area contributed by atoms with Crippen LogP contribution in [0.1, 0.15) is 20.7 Å². The molecule has 3 aromatic rings. The van der Waals surface area contributed by atoms with Crippen molar-refractivity contribution in [3.8, 4) is 0 Å². The molecular weight excluding hydrogens is 321 g/mol. The van der Waals surface area contributed by atoms with Gasteiger partial charge in [0.05, 0.1) is 22.5 Å². The van der Waals surface area contributed by atoms with E-state index in [2.05, 4.69) is 15.6 Å². The highest BCUT2D eigenvalue weighted by Crippen LogP contribution is 2.23. The summed E-state index contributed by atoms with van der Waals surface area (Å²) in [6.45, 7) is 0. The number of amides is 2. The number of halogens is 1. The van der Waals surface area contributed by atoms with Crippen LogP contribution in [0.15, 0.2) is 73.1 Å². The van der Waals surface area contributed by atoms with Crippen LogP contribution >= 0.6 is 0 Å². The number of benzene rings is 2. The van der Waals surface area contributed by atoms with Crippen LogP contribution in [-0.2, 0) is 0 Å². The number of carbonyl (C=O) groups is 2. The normalized spacial score (nSPS) is 10.1. The van der Waals surface area contributed by atoms with E-state index in [-0.39, 0.29) is 11.5 Å². The summed E-state index contributed by atoms with van der Waals surface area (Å²) in [5, 5.41) is 5.33. The first-order chi connectivity index (χ1) is 12.1. The summed E-state index contributed by atoms with van der Waals surface area (Å²) in [5.74, 6) is -1.57. The second-order valence-electron chi connectivity index (χ2n) is 5.18. The molecule has 0 aliphatic carbocycles. The molecule has 25 heavy (non-hydrogen) atoms. The molecule has 3 rings (SSSR count). The maximum Gasteiger partial charge on any atom is 0.258 e. The van der Waals surface area contributed by atoms with Gasteiger partial charge in [0.1, 0.15) is 5.82 Å². The van der Waals surface area contributed by atoms with Crippen molar-refractivity contribution in [2.45, 2.75) is 0 Å². The van der Waals surface area contributed by atoms with Gasteiger partial charge in [0.25, 0.3) is 11.8 Å². The van der Waals surface area contributed by atoms with E-state index in [1.54, 1.807) is 48.7 Å². The van der Waals surface area contributed by atoms with Gasteiger partial charge in [0, 0.05) is 12.4 Å². The fourth-order valence-corrected chi connectivity index (χ4v) is 2.23. The Labute approximate surface area is 143 Å². The summed E-state index contributed by atoms with van der Waals surface area (Å²) in [6, 6.07) is 15.7.